The zero-order valence-electron chi connectivity index (χ0n) is 10.2. The summed E-state index contributed by atoms with van der Waals surface area (Å²) in [5.41, 5.74) is 1.68. The number of alkyl halides is 1. The third-order valence-corrected chi connectivity index (χ3v) is 4.53. The molecule has 0 saturated heterocycles. The van der Waals surface area contributed by atoms with E-state index in [0.717, 1.165) is 18.9 Å². The van der Waals surface area contributed by atoms with Crippen LogP contribution in [0.2, 0.25) is 0 Å². The lowest BCUT2D eigenvalue weighted by molar-refractivity contribution is 0.505. The molecule has 98 valence electrons. The van der Waals surface area contributed by atoms with Gasteiger partial charge in [0.2, 0.25) is 0 Å². The Labute approximate surface area is 116 Å². The molecule has 0 N–H and O–H groups in total. The first-order chi connectivity index (χ1) is 9.13. The van der Waals surface area contributed by atoms with Crippen LogP contribution in [0.4, 0.5) is 8.78 Å². The maximum absolute atomic E-state index is 13.3. The number of benzene rings is 2. The van der Waals surface area contributed by atoms with E-state index in [0.29, 0.717) is 5.56 Å². The number of hydrogen-bond acceptors (Lipinski definition) is 0. The second-order valence-corrected chi connectivity index (χ2v) is 5.49. The molecule has 1 saturated carbocycles. The van der Waals surface area contributed by atoms with Gasteiger partial charge in [-0.1, -0.05) is 36.4 Å². The van der Waals surface area contributed by atoms with Crippen molar-refractivity contribution in [3.8, 4) is 0 Å². The minimum absolute atomic E-state index is 0.132. The molecule has 3 heteroatoms. The van der Waals surface area contributed by atoms with Crippen molar-refractivity contribution in [3.05, 3.63) is 71.3 Å². The van der Waals surface area contributed by atoms with Crippen LogP contribution < -0.4 is 0 Å². The highest BCUT2D eigenvalue weighted by atomic mass is 35.5. The Morgan fingerprint density at radius 1 is 0.947 bits per heavy atom. The van der Waals surface area contributed by atoms with Gasteiger partial charge in [-0.25, -0.2) is 8.78 Å². The molecular formula is C16H13ClF2. The van der Waals surface area contributed by atoms with Crippen LogP contribution in [0.5, 0.6) is 0 Å². The fourth-order valence-electron chi connectivity index (χ4n) is 2.58. The molecule has 0 spiro atoms. The second-order valence-electron chi connectivity index (χ2n) is 5.06. The van der Waals surface area contributed by atoms with Crippen molar-refractivity contribution in [2.75, 3.05) is 0 Å². The molecule has 1 aliphatic rings. The van der Waals surface area contributed by atoms with Gasteiger partial charge < -0.3 is 0 Å². The predicted octanol–water partition coefficient (Wildman–Crippen LogP) is 4.98. The van der Waals surface area contributed by atoms with Crippen molar-refractivity contribution < 1.29 is 8.78 Å². The zero-order valence-corrected chi connectivity index (χ0v) is 11.0. The molecule has 0 nitrogen and oxygen atoms in total. The van der Waals surface area contributed by atoms with E-state index in [9.17, 15) is 8.78 Å². The molecule has 0 aromatic heterocycles. The number of halogens is 3. The molecule has 1 unspecified atom stereocenters. The second kappa shape index (κ2) is 4.61. The Bertz CT molecular complexity index is 591. The maximum Gasteiger partial charge on any atom is 0.159 e. The molecule has 3 rings (SSSR count). The van der Waals surface area contributed by atoms with Gasteiger partial charge in [-0.05, 0) is 36.1 Å². The summed E-state index contributed by atoms with van der Waals surface area (Å²) in [5.74, 6) is -1.68. The summed E-state index contributed by atoms with van der Waals surface area (Å²) in [6.07, 6.45) is 1.95. The fraction of sp³-hybridized carbons (Fsp3) is 0.250. The van der Waals surface area contributed by atoms with Crippen molar-refractivity contribution in [1.82, 2.24) is 0 Å². The van der Waals surface area contributed by atoms with Crippen molar-refractivity contribution >= 4 is 11.6 Å². The van der Waals surface area contributed by atoms with E-state index in [4.69, 9.17) is 11.6 Å². The van der Waals surface area contributed by atoms with E-state index in [2.05, 4.69) is 0 Å². The Morgan fingerprint density at radius 2 is 1.63 bits per heavy atom. The average molecular weight is 279 g/mol. The summed E-state index contributed by atoms with van der Waals surface area (Å²) in [4.78, 5) is 0. The van der Waals surface area contributed by atoms with E-state index in [1.807, 2.05) is 30.3 Å². The van der Waals surface area contributed by atoms with Gasteiger partial charge in [0.1, 0.15) is 0 Å². The lowest BCUT2D eigenvalue weighted by Gasteiger charge is -2.22. The zero-order chi connectivity index (χ0) is 13.5. The van der Waals surface area contributed by atoms with Crippen LogP contribution in [0.3, 0.4) is 0 Å². The predicted molar refractivity (Wildman–Crippen MR) is 72.3 cm³/mol. The molecular weight excluding hydrogens is 266 g/mol. The van der Waals surface area contributed by atoms with Crippen LogP contribution >= 0.6 is 11.6 Å². The molecule has 0 amide bonds. The molecule has 1 atom stereocenters. The first-order valence-electron chi connectivity index (χ1n) is 6.28. The quantitative estimate of drug-likeness (QED) is 0.695. The Morgan fingerprint density at radius 3 is 2.21 bits per heavy atom. The van der Waals surface area contributed by atoms with Gasteiger partial charge in [-0.3, -0.25) is 0 Å². The third kappa shape index (κ3) is 2.14. The molecule has 19 heavy (non-hydrogen) atoms. The molecule has 0 heterocycles. The molecule has 0 radical (unpaired) electrons. The lowest BCUT2D eigenvalue weighted by atomic mass is 9.88. The van der Waals surface area contributed by atoms with E-state index in [1.54, 1.807) is 6.07 Å². The topological polar surface area (TPSA) is 0 Å². The van der Waals surface area contributed by atoms with E-state index in [1.165, 1.54) is 11.6 Å². The van der Waals surface area contributed by atoms with Crippen molar-refractivity contribution in [1.29, 1.82) is 0 Å². The summed E-state index contributed by atoms with van der Waals surface area (Å²) in [7, 11) is 0. The molecule has 2 aromatic carbocycles. The summed E-state index contributed by atoms with van der Waals surface area (Å²) in [5, 5.41) is -0.329. The van der Waals surface area contributed by atoms with Crippen molar-refractivity contribution in [3.63, 3.8) is 0 Å². The Balaban J connectivity index is 1.96. The van der Waals surface area contributed by atoms with Crippen molar-refractivity contribution in [2.45, 2.75) is 23.6 Å². The monoisotopic (exact) mass is 278 g/mol. The van der Waals surface area contributed by atoms with Crippen LogP contribution in [0.15, 0.2) is 48.5 Å². The molecule has 1 fully saturated rings. The Kier molecular flexibility index (Phi) is 3.06. The van der Waals surface area contributed by atoms with Gasteiger partial charge in [0.15, 0.2) is 11.6 Å². The number of rotatable bonds is 3. The van der Waals surface area contributed by atoms with Crippen LogP contribution in [0.1, 0.15) is 29.3 Å². The van der Waals surface area contributed by atoms with E-state index < -0.39 is 11.6 Å². The number of hydrogen-bond donors (Lipinski definition) is 0. The smallest absolute Gasteiger partial charge is 0.159 e. The van der Waals surface area contributed by atoms with Gasteiger partial charge in [0, 0.05) is 5.41 Å². The summed E-state index contributed by atoms with van der Waals surface area (Å²) in [6, 6.07) is 13.9. The van der Waals surface area contributed by atoms with Crippen molar-refractivity contribution in [2.24, 2.45) is 0 Å². The highest BCUT2D eigenvalue weighted by molar-refractivity contribution is 6.22. The Hall–Kier alpha value is -1.41. The summed E-state index contributed by atoms with van der Waals surface area (Å²) in [6.45, 7) is 0. The highest BCUT2D eigenvalue weighted by Gasteiger charge is 2.50. The lowest BCUT2D eigenvalue weighted by Crippen LogP contribution is -2.14. The molecule has 0 aliphatic heterocycles. The standard InChI is InChI=1S/C16H13ClF2/c17-15(11-6-7-13(18)14(19)10-11)16(8-9-16)12-4-2-1-3-5-12/h1-7,10,15H,8-9H2. The van der Waals surface area contributed by atoms with Gasteiger partial charge in [0.05, 0.1) is 5.38 Å². The fourth-order valence-corrected chi connectivity index (χ4v) is 3.06. The minimum Gasteiger partial charge on any atom is -0.204 e. The normalized spacial score (nSPS) is 18.1. The largest absolute Gasteiger partial charge is 0.204 e. The molecule has 0 bridgehead atoms. The maximum atomic E-state index is 13.3. The highest BCUT2D eigenvalue weighted by Crippen LogP contribution is 2.59. The van der Waals surface area contributed by atoms with Gasteiger partial charge in [-0.15, -0.1) is 11.6 Å². The van der Waals surface area contributed by atoms with E-state index in [-0.39, 0.29) is 10.8 Å². The van der Waals surface area contributed by atoms with Crippen LogP contribution in [-0.2, 0) is 5.41 Å². The molecule has 2 aromatic rings. The summed E-state index contributed by atoms with van der Waals surface area (Å²) >= 11 is 6.53. The van der Waals surface area contributed by atoms with Gasteiger partial charge in [-0.2, -0.15) is 0 Å². The third-order valence-electron chi connectivity index (χ3n) is 3.86. The molecule has 1 aliphatic carbocycles. The van der Waals surface area contributed by atoms with Gasteiger partial charge >= 0.3 is 0 Å². The van der Waals surface area contributed by atoms with Crippen LogP contribution in [0.25, 0.3) is 0 Å². The average Bonchev–Trinajstić information content (AvgIpc) is 3.24. The van der Waals surface area contributed by atoms with Crippen LogP contribution in [0, 0.1) is 11.6 Å². The first-order valence-corrected chi connectivity index (χ1v) is 6.72. The SMILES string of the molecule is Fc1ccc(C(Cl)C2(c3ccccc3)CC2)cc1F. The minimum atomic E-state index is -0.841. The first kappa shape index (κ1) is 12.6. The van der Waals surface area contributed by atoms with E-state index >= 15 is 0 Å². The van der Waals surface area contributed by atoms with Crippen LogP contribution in [-0.4, -0.2) is 0 Å². The summed E-state index contributed by atoms with van der Waals surface area (Å²) < 4.78 is 26.3. The van der Waals surface area contributed by atoms with Gasteiger partial charge in [0.25, 0.3) is 0 Å².